The number of anilines is 2. The van der Waals surface area contributed by atoms with Gasteiger partial charge in [0.2, 0.25) is 5.91 Å². The smallest absolute Gasteiger partial charge is 0.305 e. The lowest BCUT2D eigenvalue weighted by atomic mass is 9.89. The summed E-state index contributed by atoms with van der Waals surface area (Å²) in [6.45, 7) is 3.82. The Balaban J connectivity index is 1.64. The molecule has 1 heterocycles. The van der Waals surface area contributed by atoms with Crippen LogP contribution in [0.3, 0.4) is 0 Å². The second kappa shape index (κ2) is 12.1. The molecule has 3 aromatic rings. The first kappa shape index (κ1) is 27.2. The summed E-state index contributed by atoms with van der Waals surface area (Å²) in [6, 6.07) is 21.6. The molecule has 1 aliphatic heterocycles. The quantitative estimate of drug-likeness (QED) is 0.254. The number of carbonyl (C=O) groups is 3. The zero-order chi connectivity index (χ0) is 27.2. The van der Waals surface area contributed by atoms with Crippen molar-refractivity contribution in [2.75, 3.05) is 23.5 Å². The Morgan fingerprint density at radius 3 is 2.39 bits per heavy atom. The van der Waals surface area contributed by atoms with E-state index in [2.05, 4.69) is 4.74 Å². The van der Waals surface area contributed by atoms with Crippen LogP contribution in [-0.2, 0) is 14.3 Å². The topological polar surface area (TPSA) is 76.2 Å². The molecule has 0 N–H and O–H groups in total. The van der Waals surface area contributed by atoms with Gasteiger partial charge < -0.3 is 19.3 Å². The number of halogens is 1. The number of fused-ring (bicyclic) bond motifs is 1. The molecule has 2 amide bonds. The van der Waals surface area contributed by atoms with Gasteiger partial charge in [-0.3, -0.25) is 14.4 Å². The first-order valence-corrected chi connectivity index (χ1v) is 13.0. The number of ether oxygens (including phenoxy) is 2. The molecule has 0 bridgehead atoms. The van der Waals surface area contributed by atoms with Crippen molar-refractivity contribution in [1.82, 2.24) is 0 Å². The number of carbonyl (C=O) groups excluding carboxylic acids is 3. The van der Waals surface area contributed by atoms with Gasteiger partial charge in [0.1, 0.15) is 5.75 Å². The van der Waals surface area contributed by atoms with Crippen molar-refractivity contribution in [3.05, 3.63) is 88.9 Å². The summed E-state index contributed by atoms with van der Waals surface area (Å²) in [5.74, 6) is -0.122. The third kappa shape index (κ3) is 5.83. The van der Waals surface area contributed by atoms with Gasteiger partial charge in [-0.25, -0.2) is 0 Å². The Hall–Kier alpha value is -3.84. The van der Waals surface area contributed by atoms with Crippen LogP contribution < -0.4 is 14.5 Å². The molecule has 0 aliphatic carbocycles. The standard InChI is InChI=1S/C30H31ClN2O5/c1-20-19-27(33(21(2)34)23-16-14-22(31)15-17-23)24-9-4-6-11-26(24)32(20)30(36)25-10-5-7-12-28(25)38-18-8-13-29(35)37-3/h4-7,9-12,14-17,20,27H,8,13,18-19H2,1-3H3. The molecule has 0 fully saturated rings. The SMILES string of the molecule is COC(=O)CCCOc1ccccc1C(=O)N1c2ccccc2C(N(C(C)=O)c2ccc(Cl)cc2)CC1C. The van der Waals surface area contributed by atoms with Crippen LogP contribution in [0.1, 0.15) is 55.1 Å². The van der Waals surface area contributed by atoms with E-state index in [-0.39, 0.29) is 42.9 Å². The number of esters is 1. The maximum absolute atomic E-state index is 14.0. The minimum atomic E-state index is -0.301. The fourth-order valence-electron chi connectivity index (χ4n) is 4.92. The fourth-order valence-corrected chi connectivity index (χ4v) is 5.04. The number of hydrogen-bond donors (Lipinski definition) is 0. The number of hydrogen-bond acceptors (Lipinski definition) is 5. The summed E-state index contributed by atoms with van der Waals surface area (Å²) in [6.07, 6.45) is 1.27. The fraction of sp³-hybridized carbons (Fsp3) is 0.300. The maximum atomic E-state index is 14.0. The molecule has 2 unspecified atom stereocenters. The van der Waals surface area contributed by atoms with Gasteiger partial charge in [0.15, 0.2) is 0 Å². The lowest BCUT2D eigenvalue weighted by molar-refractivity contribution is -0.140. The zero-order valence-corrected chi connectivity index (χ0v) is 22.5. The lowest BCUT2D eigenvalue weighted by Gasteiger charge is -2.43. The molecule has 0 aromatic heterocycles. The Labute approximate surface area is 227 Å². The van der Waals surface area contributed by atoms with Crippen molar-refractivity contribution in [3.63, 3.8) is 0 Å². The molecule has 0 spiro atoms. The molecular formula is C30H31ClN2O5. The average Bonchev–Trinajstić information content (AvgIpc) is 2.92. The highest BCUT2D eigenvalue weighted by Crippen LogP contribution is 2.43. The minimum Gasteiger partial charge on any atom is -0.493 e. The van der Waals surface area contributed by atoms with E-state index in [0.29, 0.717) is 29.2 Å². The molecule has 1 aliphatic rings. The maximum Gasteiger partial charge on any atom is 0.305 e. The lowest BCUT2D eigenvalue weighted by Crippen LogP contribution is -2.47. The highest BCUT2D eigenvalue weighted by Gasteiger charge is 2.38. The van der Waals surface area contributed by atoms with Crippen LogP contribution in [0.5, 0.6) is 5.75 Å². The second-order valence-corrected chi connectivity index (χ2v) is 9.66. The van der Waals surface area contributed by atoms with Crippen LogP contribution in [0, 0.1) is 0 Å². The number of nitrogens with zero attached hydrogens (tertiary/aromatic N) is 2. The van der Waals surface area contributed by atoms with Gasteiger partial charge in [0, 0.05) is 35.8 Å². The van der Waals surface area contributed by atoms with E-state index in [1.54, 1.807) is 47.1 Å². The number of methoxy groups -OCH3 is 1. The van der Waals surface area contributed by atoms with Gasteiger partial charge in [-0.2, -0.15) is 0 Å². The Morgan fingerprint density at radius 1 is 1.00 bits per heavy atom. The van der Waals surface area contributed by atoms with Gasteiger partial charge in [-0.15, -0.1) is 0 Å². The highest BCUT2D eigenvalue weighted by molar-refractivity contribution is 6.30. The number of amides is 2. The largest absolute Gasteiger partial charge is 0.493 e. The average molecular weight is 535 g/mol. The van der Waals surface area contributed by atoms with Crippen molar-refractivity contribution in [1.29, 1.82) is 0 Å². The minimum absolute atomic E-state index is 0.0928. The van der Waals surface area contributed by atoms with Crippen LogP contribution in [0.25, 0.3) is 0 Å². The van der Waals surface area contributed by atoms with Crippen LogP contribution in [0.4, 0.5) is 11.4 Å². The first-order chi connectivity index (χ1) is 18.3. The molecule has 7 nitrogen and oxygen atoms in total. The molecule has 4 rings (SSSR count). The van der Waals surface area contributed by atoms with Gasteiger partial charge >= 0.3 is 5.97 Å². The normalized spacial score (nSPS) is 16.4. The van der Waals surface area contributed by atoms with E-state index in [9.17, 15) is 14.4 Å². The van der Waals surface area contributed by atoms with Gasteiger partial charge in [0.05, 0.1) is 25.3 Å². The van der Waals surface area contributed by atoms with E-state index < -0.39 is 0 Å². The molecule has 198 valence electrons. The van der Waals surface area contributed by atoms with Gasteiger partial charge in [-0.05, 0) is 67.8 Å². The van der Waals surface area contributed by atoms with E-state index in [1.807, 2.05) is 49.4 Å². The third-order valence-electron chi connectivity index (χ3n) is 6.66. The van der Waals surface area contributed by atoms with Crippen molar-refractivity contribution in [2.45, 2.75) is 45.2 Å². The number of para-hydroxylation sites is 2. The highest BCUT2D eigenvalue weighted by atomic mass is 35.5. The summed E-state index contributed by atoms with van der Waals surface area (Å²) in [5.41, 5.74) is 2.83. The van der Waals surface area contributed by atoms with E-state index in [1.165, 1.54) is 7.11 Å². The molecular weight excluding hydrogens is 504 g/mol. The molecule has 8 heteroatoms. The first-order valence-electron chi connectivity index (χ1n) is 12.6. The van der Waals surface area contributed by atoms with Gasteiger partial charge in [0.25, 0.3) is 5.91 Å². The third-order valence-corrected chi connectivity index (χ3v) is 6.91. The molecule has 2 atom stereocenters. The summed E-state index contributed by atoms with van der Waals surface area (Å²) in [7, 11) is 1.35. The molecule has 0 radical (unpaired) electrons. The van der Waals surface area contributed by atoms with Crippen molar-refractivity contribution < 1.29 is 23.9 Å². The summed E-state index contributed by atoms with van der Waals surface area (Å²) in [5, 5.41) is 0.595. The Morgan fingerprint density at radius 2 is 1.68 bits per heavy atom. The van der Waals surface area contributed by atoms with E-state index in [4.69, 9.17) is 16.3 Å². The molecule has 0 saturated carbocycles. The van der Waals surface area contributed by atoms with Gasteiger partial charge in [-0.1, -0.05) is 41.9 Å². The second-order valence-electron chi connectivity index (χ2n) is 9.22. The Bertz CT molecular complexity index is 1310. The van der Waals surface area contributed by atoms with Crippen LogP contribution in [-0.4, -0.2) is 37.5 Å². The van der Waals surface area contributed by atoms with E-state index in [0.717, 1.165) is 16.9 Å². The summed E-state index contributed by atoms with van der Waals surface area (Å²) < 4.78 is 10.6. The zero-order valence-electron chi connectivity index (χ0n) is 21.7. The number of rotatable bonds is 8. The molecule has 3 aromatic carbocycles. The molecule has 38 heavy (non-hydrogen) atoms. The predicted octanol–water partition coefficient (Wildman–Crippen LogP) is 6.21. The monoisotopic (exact) mass is 534 g/mol. The van der Waals surface area contributed by atoms with Crippen LogP contribution in [0.15, 0.2) is 72.8 Å². The predicted molar refractivity (Wildman–Crippen MR) is 148 cm³/mol. The summed E-state index contributed by atoms with van der Waals surface area (Å²) in [4.78, 5) is 41.8. The van der Waals surface area contributed by atoms with Crippen molar-refractivity contribution in [2.24, 2.45) is 0 Å². The summed E-state index contributed by atoms with van der Waals surface area (Å²) >= 11 is 6.09. The van der Waals surface area contributed by atoms with Crippen molar-refractivity contribution in [3.8, 4) is 5.75 Å². The molecule has 0 saturated heterocycles. The van der Waals surface area contributed by atoms with Crippen LogP contribution >= 0.6 is 11.6 Å². The van der Waals surface area contributed by atoms with Crippen molar-refractivity contribution >= 4 is 40.8 Å². The van der Waals surface area contributed by atoms with E-state index >= 15 is 0 Å². The number of benzene rings is 3. The van der Waals surface area contributed by atoms with Crippen LogP contribution in [0.2, 0.25) is 5.02 Å². The Kier molecular flexibility index (Phi) is 8.69.